The second-order valence-corrected chi connectivity index (χ2v) is 8.09. The highest BCUT2D eigenvalue weighted by molar-refractivity contribution is 9.10. The van der Waals surface area contributed by atoms with Crippen molar-refractivity contribution in [3.63, 3.8) is 0 Å². The van der Waals surface area contributed by atoms with E-state index < -0.39 is 6.04 Å². The van der Waals surface area contributed by atoms with Crippen LogP contribution in [0, 0.1) is 11.3 Å². The molecule has 0 radical (unpaired) electrons. The number of nitrogens with zero attached hydrogens (tertiary/aromatic N) is 1. The van der Waals surface area contributed by atoms with Crippen LogP contribution in [0.15, 0.2) is 28.7 Å². The fraction of sp³-hybridized carbons (Fsp3) is 0.588. The predicted octanol–water partition coefficient (Wildman–Crippen LogP) is 2.77. The lowest BCUT2D eigenvalue weighted by atomic mass is 9.87. The zero-order chi connectivity index (χ0) is 16.3. The van der Waals surface area contributed by atoms with Crippen molar-refractivity contribution in [3.05, 3.63) is 28.7 Å². The second-order valence-electron chi connectivity index (χ2n) is 7.17. The molecule has 1 aromatic rings. The number of nitrogens with one attached hydrogen (secondary N) is 1. The highest BCUT2D eigenvalue weighted by Crippen LogP contribution is 2.26. The van der Waals surface area contributed by atoms with E-state index in [0.29, 0.717) is 12.5 Å². The maximum Gasteiger partial charge on any atom is 0.237 e. The van der Waals surface area contributed by atoms with E-state index in [9.17, 15) is 4.79 Å². The average Bonchev–Trinajstić information content (AvgIpc) is 2.92. The molecule has 1 aliphatic heterocycles. The third-order valence-corrected chi connectivity index (χ3v) is 4.73. The molecule has 4 nitrogen and oxygen atoms in total. The van der Waals surface area contributed by atoms with Gasteiger partial charge < -0.3 is 16.0 Å². The highest BCUT2D eigenvalue weighted by atomic mass is 79.9. The van der Waals surface area contributed by atoms with Crippen LogP contribution in [0.25, 0.3) is 0 Å². The van der Waals surface area contributed by atoms with Gasteiger partial charge in [0, 0.05) is 29.8 Å². The molecule has 2 rings (SSSR count). The van der Waals surface area contributed by atoms with E-state index in [-0.39, 0.29) is 11.3 Å². The number of anilines is 1. The number of rotatable bonds is 4. The molecule has 1 unspecified atom stereocenters. The van der Waals surface area contributed by atoms with Gasteiger partial charge in [-0.2, -0.15) is 0 Å². The lowest BCUT2D eigenvalue weighted by molar-refractivity contribution is -0.124. The van der Waals surface area contributed by atoms with Crippen molar-refractivity contribution in [2.45, 2.75) is 33.2 Å². The van der Waals surface area contributed by atoms with Gasteiger partial charge in [0.2, 0.25) is 5.91 Å². The summed E-state index contributed by atoms with van der Waals surface area (Å²) in [6.07, 6.45) is 1.09. The summed E-state index contributed by atoms with van der Waals surface area (Å²) in [4.78, 5) is 14.5. The van der Waals surface area contributed by atoms with Crippen LogP contribution in [-0.2, 0) is 4.79 Å². The number of carbonyl (C=O) groups is 1. The summed E-state index contributed by atoms with van der Waals surface area (Å²) in [6.45, 7) is 8.67. The van der Waals surface area contributed by atoms with Crippen LogP contribution in [0.4, 0.5) is 5.69 Å². The minimum absolute atomic E-state index is 0.0478. The fourth-order valence-electron chi connectivity index (χ4n) is 2.65. The number of benzene rings is 1. The summed E-state index contributed by atoms with van der Waals surface area (Å²) in [5, 5.41) is 3.01. The minimum atomic E-state index is -0.463. The van der Waals surface area contributed by atoms with Crippen molar-refractivity contribution >= 4 is 27.5 Å². The lowest BCUT2D eigenvalue weighted by Gasteiger charge is -2.26. The first-order chi connectivity index (χ1) is 10.3. The van der Waals surface area contributed by atoms with Crippen molar-refractivity contribution in [2.24, 2.45) is 17.1 Å². The molecule has 3 N–H and O–H groups in total. The molecule has 0 bridgehead atoms. The van der Waals surface area contributed by atoms with E-state index >= 15 is 0 Å². The largest absolute Gasteiger partial charge is 0.371 e. The molecule has 0 aromatic heterocycles. The van der Waals surface area contributed by atoms with Gasteiger partial charge in [-0.25, -0.2) is 0 Å². The second kappa shape index (κ2) is 7.01. The maximum absolute atomic E-state index is 12.1. The molecule has 0 aliphatic carbocycles. The Bertz CT molecular complexity index is 527. The number of carbonyl (C=O) groups excluding carboxylic acids is 1. The topological polar surface area (TPSA) is 58.4 Å². The maximum atomic E-state index is 12.1. The van der Waals surface area contributed by atoms with E-state index in [4.69, 9.17) is 5.73 Å². The Morgan fingerprint density at radius 1 is 1.50 bits per heavy atom. The third-order valence-electron chi connectivity index (χ3n) is 4.24. The third kappa shape index (κ3) is 4.46. The van der Waals surface area contributed by atoms with Crippen molar-refractivity contribution in [1.29, 1.82) is 0 Å². The summed E-state index contributed by atoms with van der Waals surface area (Å²) in [6, 6.07) is 7.88. The molecule has 2 atom stereocenters. The van der Waals surface area contributed by atoms with Crippen LogP contribution in [0.2, 0.25) is 0 Å². The van der Waals surface area contributed by atoms with Crippen LogP contribution >= 0.6 is 15.9 Å². The number of hydrogen-bond donors (Lipinski definition) is 2. The van der Waals surface area contributed by atoms with Gasteiger partial charge in [0.05, 0.1) is 6.04 Å². The molecule has 0 spiro atoms. The van der Waals surface area contributed by atoms with Crippen molar-refractivity contribution in [2.75, 3.05) is 24.5 Å². The van der Waals surface area contributed by atoms with Crippen molar-refractivity contribution in [1.82, 2.24) is 5.32 Å². The van der Waals surface area contributed by atoms with Crippen molar-refractivity contribution in [3.8, 4) is 0 Å². The van der Waals surface area contributed by atoms with Crippen LogP contribution in [0.5, 0.6) is 0 Å². The summed E-state index contributed by atoms with van der Waals surface area (Å²) in [7, 11) is 0. The Hall–Kier alpha value is -1.07. The molecule has 1 heterocycles. The first-order valence-electron chi connectivity index (χ1n) is 7.81. The molecule has 1 amide bonds. The molecule has 22 heavy (non-hydrogen) atoms. The molecular formula is C17H26BrN3O. The summed E-state index contributed by atoms with van der Waals surface area (Å²) in [5.74, 6) is 0.434. The monoisotopic (exact) mass is 367 g/mol. The smallest absolute Gasteiger partial charge is 0.237 e. The normalized spacial score (nSPS) is 20.0. The predicted molar refractivity (Wildman–Crippen MR) is 94.9 cm³/mol. The number of amides is 1. The molecule has 1 aromatic carbocycles. The van der Waals surface area contributed by atoms with Gasteiger partial charge in [-0.15, -0.1) is 0 Å². The van der Waals surface area contributed by atoms with E-state index in [2.05, 4.69) is 44.3 Å². The molecule has 1 saturated heterocycles. The van der Waals surface area contributed by atoms with E-state index in [1.54, 1.807) is 0 Å². The van der Waals surface area contributed by atoms with E-state index in [0.717, 1.165) is 24.0 Å². The van der Waals surface area contributed by atoms with Gasteiger partial charge in [0.15, 0.2) is 0 Å². The Labute approximate surface area is 141 Å². The Morgan fingerprint density at radius 2 is 2.23 bits per heavy atom. The summed E-state index contributed by atoms with van der Waals surface area (Å²) in [5.41, 5.74) is 7.01. The molecular weight excluding hydrogens is 342 g/mol. The van der Waals surface area contributed by atoms with Gasteiger partial charge in [0.1, 0.15) is 0 Å². The zero-order valence-corrected chi connectivity index (χ0v) is 15.2. The number of nitrogens with two attached hydrogens (primary N) is 1. The lowest BCUT2D eigenvalue weighted by Crippen LogP contribution is -2.49. The fourth-order valence-corrected chi connectivity index (χ4v) is 3.04. The van der Waals surface area contributed by atoms with Gasteiger partial charge in [-0.05, 0) is 36.0 Å². The zero-order valence-electron chi connectivity index (χ0n) is 13.6. The first kappa shape index (κ1) is 17.3. The van der Waals surface area contributed by atoms with Crippen molar-refractivity contribution < 1.29 is 4.79 Å². The number of halogens is 1. The number of hydrogen-bond acceptors (Lipinski definition) is 3. The summed E-state index contributed by atoms with van der Waals surface area (Å²) >= 11 is 3.51. The minimum Gasteiger partial charge on any atom is -0.371 e. The molecule has 122 valence electrons. The van der Waals surface area contributed by atoms with E-state index in [1.165, 1.54) is 5.69 Å². The van der Waals surface area contributed by atoms with E-state index in [1.807, 2.05) is 26.8 Å². The first-order valence-corrected chi connectivity index (χ1v) is 8.60. The van der Waals surface area contributed by atoms with Gasteiger partial charge >= 0.3 is 0 Å². The highest BCUT2D eigenvalue weighted by Gasteiger charge is 2.29. The Kier molecular flexibility index (Phi) is 5.50. The Balaban J connectivity index is 1.83. The van der Waals surface area contributed by atoms with Gasteiger partial charge in [-0.3, -0.25) is 4.79 Å². The molecule has 5 heteroatoms. The van der Waals surface area contributed by atoms with Crippen LogP contribution in [-0.4, -0.2) is 31.6 Å². The standard InChI is InChI=1S/C17H26BrN3O/c1-17(2,3)15(19)16(22)20-10-12-7-8-21(11-12)14-6-4-5-13(18)9-14/h4-6,9,12,15H,7-8,10-11,19H2,1-3H3,(H,20,22)/t12?,15-/m1/s1. The van der Waals surface area contributed by atoms with Crippen LogP contribution in [0.3, 0.4) is 0 Å². The van der Waals surface area contributed by atoms with Crippen LogP contribution < -0.4 is 16.0 Å². The average molecular weight is 368 g/mol. The summed E-state index contributed by atoms with van der Waals surface area (Å²) < 4.78 is 1.10. The van der Waals surface area contributed by atoms with Crippen LogP contribution in [0.1, 0.15) is 27.2 Å². The quantitative estimate of drug-likeness (QED) is 0.859. The molecule has 1 fully saturated rings. The Morgan fingerprint density at radius 3 is 2.86 bits per heavy atom. The SMILES string of the molecule is CC(C)(C)[C@H](N)C(=O)NCC1CCN(c2cccc(Br)c2)C1. The molecule has 1 aliphatic rings. The van der Waals surface area contributed by atoms with Gasteiger partial charge in [0.25, 0.3) is 0 Å². The molecule has 0 saturated carbocycles. The van der Waals surface area contributed by atoms with Gasteiger partial charge in [-0.1, -0.05) is 42.8 Å².